The first-order valence-electron chi connectivity index (χ1n) is 16.7. The number of aliphatic imine (C=N–C) groups is 5. The van der Waals surface area contributed by atoms with Crippen molar-refractivity contribution in [3.63, 3.8) is 0 Å². The van der Waals surface area contributed by atoms with Crippen molar-refractivity contribution in [1.29, 1.82) is 0 Å². The Morgan fingerprint density at radius 1 is 0.500 bits per heavy atom. The van der Waals surface area contributed by atoms with Gasteiger partial charge in [0.05, 0.1) is 17.4 Å². The van der Waals surface area contributed by atoms with Crippen molar-refractivity contribution in [2.75, 3.05) is 0 Å². The summed E-state index contributed by atoms with van der Waals surface area (Å²) in [7, 11) is 0. The van der Waals surface area contributed by atoms with Crippen molar-refractivity contribution >= 4 is 46.0 Å². The van der Waals surface area contributed by atoms with Gasteiger partial charge in [-0.2, -0.15) is 0 Å². The van der Waals surface area contributed by atoms with Crippen molar-refractivity contribution < 1.29 is 0 Å². The highest BCUT2D eigenvalue weighted by atomic mass is 15.0. The topological polar surface area (TPSA) is 61.8 Å². The molecule has 3 aromatic rings. The molecule has 0 spiro atoms. The van der Waals surface area contributed by atoms with E-state index in [9.17, 15) is 0 Å². The number of rotatable bonds is 6. The highest BCUT2D eigenvalue weighted by Crippen LogP contribution is 2.29. The fraction of sp³-hybridized carbons (Fsp3) is 0.140. The van der Waals surface area contributed by atoms with Crippen LogP contribution in [-0.4, -0.2) is 34.6 Å². The Balaban J connectivity index is 1.58. The van der Waals surface area contributed by atoms with E-state index in [1.807, 2.05) is 66.7 Å². The number of hydrogen-bond acceptors (Lipinski definition) is 5. The van der Waals surface area contributed by atoms with Gasteiger partial charge in [-0.15, -0.1) is 0 Å². The van der Waals surface area contributed by atoms with E-state index in [-0.39, 0.29) is 6.04 Å². The summed E-state index contributed by atoms with van der Waals surface area (Å²) in [4.78, 5) is 27.0. The lowest BCUT2D eigenvalue weighted by molar-refractivity contribution is 0.831. The second-order valence-electron chi connectivity index (χ2n) is 11.8. The van der Waals surface area contributed by atoms with Crippen LogP contribution >= 0.6 is 0 Å². The molecule has 0 N–H and O–H groups in total. The minimum Gasteiger partial charge on any atom is -0.273 e. The molecule has 0 saturated heterocycles. The average Bonchev–Trinajstić information content (AvgIpc) is 3.15. The van der Waals surface area contributed by atoms with E-state index in [0.717, 1.165) is 83.1 Å². The Kier molecular flexibility index (Phi) is 9.75. The lowest BCUT2D eigenvalue weighted by atomic mass is 9.83. The molecule has 4 aliphatic rings. The Bertz CT molecular complexity index is 2010. The summed E-state index contributed by atoms with van der Waals surface area (Å²) in [6, 6.07) is 30.4. The molecular weight excluding hydrogens is 587 g/mol. The molecule has 1 unspecified atom stereocenters. The zero-order valence-corrected chi connectivity index (χ0v) is 26.9. The molecule has 0 amide bonds. The highest BCUT2D eigenvalue weighted by molar-refractivity contribution is 7.00. The molecule has 5 heteroatoms. The van der Waals surface area contributed by atoms with Gasteiger partial charge in [0.25, 0.3) is 0 Å². The third-order valence-corrected chi connectivity index (χ3v) is 8.26. The van der Waals surface area contributed by atoms with Gasteiger partial charge in [-0.05, 0) is 80.2 Å². The molecule has 0 radical (unpaired) electrons. The Labute approximate surface area is 282 Å². The van der Waals surface area contributed by atoms with Crippen LogP contribution in [0.5, 0.6) is 0 Å². The van der Waals surface area contributed by atoms with Crippen LogP contribution in [0.15, 0.2) is 194 Å². The van der Waals surface area contributed by atoms with E-state index < -0.39 is 0 Å². The molecule has 3 aromatic carbocycles. The quantitative estimate of drug-likeness (QED) is 0.262. The van der Waals surface area contributed by atoms with Crippen LogP contribution in [0.3, 0.4) is 0 Å². The number of para-hydroxylation sites is 2. The fourth-order valence-electron chi connectivity index (χ4n) is 5.86. The minimum atomic E-state index is -0.0694. The zero-order valence-electron chi connectivity index (χ0n) is 26.9. The zero-order chi connectivity index (χ0) is 32.4. The van der Waals surface area contributed by atoms with Gasteiger partial charge in [-0.3, -0.25) is 4.99 Å². The second-order valence-corrected chi connectivity index (χ2v) is 11.8. The Hall–Kier alpha value is -5.81. The molecule has 0 aromatic heterocycles. The minimum absolute atomic E-state index is 0.0694. The smallest absolute Gasteiger partial charge is 0.119 e. The molecule has 0 aliphatic heterocycles. The van der Waals surface area contributed by atoms with Crippen LogP contribution in [0.25, 0.3) is 6.08 Å². The number of allylic oxidation sites excluding steroid dienone is 11. The van der Waals surface area contributed by atoms with Crippen LogP contribution in [0.4, 0.5) is 11.4 Å². The molecule has 1 atom stereocenters. The third-order valence-electron chi connectivity index (χ3n) is 8.26. The number of hydrogen-bond donors (Lipinski definition) is 0. The van der Waals surface area contributed by atoms with E-state index in [4.69, 9.17) is 25.0 Å². The predicted octanol–water partition coefficient (Wildman–Crippen LogP) is 10.3. The molecule has 0 heterocycles. The van der Waals surface area contributed by atoms with Crippen LogP contribution < -0.4 is 0 Å². The monoisotopic (exact) mass is 623 g/mol. The first-order valence-corrected chi connectivity index (χ1v) is 16.7. The molecule has 7 rings (SSSR count). The van der Waals surface area contributed by atoms with Crippen molar-refractivity contribution in [1.82, 2.24) is 0 Å². The maximum Gasteiger partial charge on any atom is 0.119 e. The van der Waals surface area contributed by atoms with E-state index in [1.54, 1.807) is 0 Å². The van der Waals surface area contributed by atoms with Gasteiger partial charge in [-0.1, -0.05) is 115 Å². The molecule has 1 saturated carbocycles. The van der Waals surface area contributed by atoms with E-state index in [0.29, 0.717) is 11.4 Å². The van der Waals surface area contributed by atoms with Crippen LogP contribution in [0.1, 0.15) is 37.7 Å². The van der Waals surface area contributed by atoms with Crippen LogP contribution in [0, 0.1) is 0 Å². The molecule has 4 aliphatic carbocycles. The summed E-state index contributed by atoms with van der Waals surface area (Å²) in [5.74, 6) is 0. The SMILES string of the molecule is C1=CCCC(N=C2C(=Nc3ccccc3)C(=Cc3ccccc3)C(=Nc3ccccc3)C(=NC3C=CC=CC3)C2=NC2=CC=CCC2)=C1. The largest absolute Gasteiger partial charge is 0.273 e. The number of nitrogens with zero attached hydrogens (tertiary/aromatic N) is 5. The van der Waals surface area contributed by atoms with Gasteiger partial charge in [0.15, 0.2) is 0 Å². The lowest BCUT2D eigenvalue weighted by Gasteiger charge is -2.27. The summed E-state index contributed by atoms with van der Waals surface area (Å²) in [5.41, 5.74) is 9.09. The summed E-state index contributed by atoms with van der Waals surface area (Å²) in [5, 5.41) is 0. The molecule has 1 fully saturated rings. The van der Waals surface area contributed by atoms with Crippen molar-refractivity contribution in [2.24, 2.45) is 25.0 Å². The Morgan fingerprint density at radius 3 is 1.56 bits per heavy atom. The van der Waals surface area contributed by atoms with E-state index in [2.05, 4.69) is 91.1 Å². The van der Waals surface area contributed by atoms with Crippen molar-refractivity contribution in [3.05, 3.63) is 174 Å². The summed E-state index contributed by atoms with van der Waals surface area (Å²) >= 11 is 0. The summed E-state index contributed by atoms with van der Waals surface area (Å²) < 4.78 is 0. The van der Waals surface area contributed by atoms with Gasteiger partial charge in [0.2, 0.25) is 0 Å². The summed E-state index contributed by atoms with van der Waals surface area (Å²) in [6.07, 6.45) is 27.7. The van der Waals surface area contributed by atoms with Crippen molar-refractivity contribution in [2.45, 2.75) is 38.1 Å². The predicted molar refractivity (Wildman–Crippen MR) is 203 cm³/mol. The molecule has 5 nitrogen and oxygen atoms in total. The normalized spacial score (nSPS) is 24.2. The van der Waals surface area contributed by atoms with Gasteiger partial charge in [-0.25, -0.2) is 20.0 Å². The fourth-order valence-corrected chi connectivity index (χ4v) is 5.86. The summed E-state index contributed by atoms with van der Waals surface area (Å²) in [6.45, 7) is 0. The number of benzene rings is 3. The van der Waals surface area contributed by atoms with E-state index >= 15 is 0 Å². The average molecular weight is 624 g/mol. The highest BCUT2D eigenvalue weighted by Gasteiger charge is 2.37. The lowest BCUT2D eigenvalue weighted by Crippen LogP contribution is -2.45. The first kappa shape index (κ1) is 30.8. The van der Waals surface area contributed by atoms with Gasteiger partial charge < -0.3 is 0 Å². The second kappa shape index (κ2) is 15.2. The van der Waals surface area contributed by atoms with Crippen LogP contribution in [0.2, 0.25) is 0 Å². The molecular formula is C43H37N5. The first-order chi connectivity index (χ1) is 23.8. The maximum absolute atomic E-state index is 5.46. The van der Waals surface area contributed by atoms with Crippen molar-refractivity contribution in [3.8, 4) is 0 Å². The van der Waals surface area contributed by atoms with Gasteiger partial charge in [0, 0.05) is 17.0 Å². The standard InChI is InChI=1S/C43H37N5/c1-7-19-32(20-8-1)31-38-39(44-33-21-9-2-10-22-33)41(46-35-25-13-4-14-26-35)43(48-37-29-17-6-18-30-37)42(47-36-27-15-5-16-28-36)40(38)45-34-23-11-3-12-24-34/h1-15,17,19-25,27,29,31,35H,16,18,26,28,30H2. The van der Waals surface area contributed by atoms with Gasteiger partial charge in [0.1, 0.15) is 28.6 Å². The van der Waals surface area contributed by atoms with Crippen LogP contribution in [-0.2, 0) is 0 Å². The maximum atomic E-state index is 5.46. The molecule has 234 valence electrons. The Morgan fingerprint density at radius 2 is 1.04 bits per heavy atom. The molecule has 0 bridgehead atoms. The van der Waals surface area contributed by atoms with E-state index in [1.165, 1.54) is 0 Å². The van der Waals surface area contributed by atoms with Gasteiger partial charge >= 0.3 is 0 Å². The third kappa shape index (κ3) is 7.59. The molecule has 48 heavy (non-hydrogen) atoms.